The van der Waals surface area contributed by atoms with Crippen LogP contribution in [0.15, 0.2) is 24.3 Å². The van der Waals surface area contributed by atoms with Crippen LogP contribution in [0.5, 0.6) is 0 Å². The lowest BCUT2D eigenvalue weighted by atomic mass is 9.94. The molecule has 2 fully saturated rings. The van der Waals surface area contributed by atoms with Crippen molar-refractivity contribution in [2.75, 3.05) is 18.0 Å². The molecule has 0 radical (unpaired) electrons. The number of benzene rings is 1. The summed E-state index contributed by atoms with van der Waals surface area (Å²) in [5.74, 6) is 0.781. The summed E-state index contributed by atoms with van der Waals surface area (Å²) in [5, 5.41) is 3.92. The maximum absolute atomic E-state index is 3.92. The zero-order valence-electron chi connectivity index (χ0n) is 12.9. The van der Waals surface area contributed by atoms with Crippen molar-refractivity contribution in [2.45, 2.75) is 58.0 Å². The van der Waals surface area contributed by atoms with Gasteiger partial charge in [-0.2, -0.15) is 0 Å². The Morgan fingerprint density at radius 3 is 2.65 bits per heavy atom. The zero-order chi connectivity index (χ0) is 13.9. The van der Waals surface area contributed by atoms with Crippen molar-refractivity contribution < 1.29 is 0 Å². The molecule has 1 saturated carbocycles. The molecule has 110 valence electrons. The van der Waals surface area contributed by atoms with Crippen LogP contribution in [0.1, 0.15) is 44.6 Å². The quantitative estimate of drug-likeness (QED) is 0.901. The van der Waals surface area contributed by atoms with Crippen LogP contribution in [0.2, 0.25) is 0 Å². The molecule has 2 unspecified atom stereocenters. The van der Waals surface area contributed by atoms with E-state index in [9.17, 15) is 0 Å². The summed E-state index contributed by atoms with van der Waals surface area (Å²) in [6, 6.07) is 10.4. The summed E-state index contributed by atoms with van der Waals surface area (Å²) in [6.45, 7) is 6.95. The fourth-order valence-electron chi connectivity index (χ4n) is 3.93. The van der Waals surface area contributed by atoms with Gasteiger partial charge >= 0.3 is 0 Å². The molecule has 2 aliphatic rings. The fourth-order valence-corrected chi connectivity index (χ4v) is 3.93. The third-order valence-corrected chi connectivity index (χ3v) is 4.85. The summed E-state index contributed by atoms with van der Waals surface area (Å²) in [5.41, 5.74) is 2.76. The van der Waals surface area contributed by atoms with E-state index in [-0.39, 0.29) is 0 Å². The maximum atomic E-state index is 3.92. The van der Waals surface area contributed by atoms with E-state index in [1.54, 1.807) is 0 Å². The van der Waals surface area contributed by atoms with Gasteiger partial charge in [0.1, 0.15) is 0 Å². The van der Waals surface area contributed by atoms with Gasteiger partial charge in [0.2, 0.25) is 0 Å². The average Bonchev–Trinajstić information content (AvgIpc) is 2.91. The fraction of sp³-hybridized carbons (Fsp3) is 0.667. The van der Waals surface area contributed by atoms with Crippen LogP contribution in [0, 0.1) is 12.8 Å². The maximum Gasteiger partial charge on any atom is 0.0369 e. The first-order valence-corrected chi connectivity index (χ1v) is 8.28. The lowest BCUT2D eigenvalue weighted by Gasteiger charge is -2.39. The lowest BCUT2D eigenvalue weighted by Crippen LogP contribution is -2.51. The molecule has 2 atom stereocenters. The topological polar surface area (TPSA) is 15.3 Å². The molecule has 1 saturated heterocycles. The first-order valence-electron chi connectivity index (χ1n) is 8.28. The van der Waals surface area contributed by atoms with Gasteiger partial charge in [0.15, 0.2) is 0 Å². The van der Waals surface area contributed by atoms with Crippen LogP contribution in [-0.4, -0.2) is 25.2 Å². The first kappa shape index (κ1) is 13.9. The third kappa shape index (κ3) is 3.35. The van der Waals surface area contributed by atoms with E-state index < -0.39 is 0 Å². The number of piperidine rings is 1. The van der Waals surface area contributed by atoms with Crippen molar-refractivity contribution in [1.29, 1.82) is 0 Å². The summed E-state index contributed by atoms with van der Waals surface area (Å²) in [6.07, 6.45) is 6.94. The van der Waals surface area contributed by atoms with Crippen LogP contribution < -0.4 is 10.2 Å². The molecule has 3 rings (SSSR count). The van der Waals surface area contributed by atoms with Gasteiger partial charge in [-0.15, -0.1) is 0 Å². The Bertz CT molecular complexity index is 437. The van der Waals surface area contributed by atoms with Crippen LogP contribution in [0.3, 0.4) is 0 Å². The van der Waals surface area contributed by atoms with E-state index in [1.165, 1.54) is 56.4 Å². The second-order valence-corrected chi connectivity index (χ2v) is 6.93. The van der Waals surface area contributed by atoms with Crippen LogP contribution in [0.25, 0.3) is 0 Å². The number of hydrogen-bond donors (Lipinski definition) is 1. The molecule has 0 spiro atoms. The average molecular weight is 272 g/mol. The van der Waals surface area contributed by atoms with E-state index in [4.69, 9.17) is 0 Å². The van der Waals surface area contributed by atoms with E-state index in [2.05, 4.69) is 48.3 Å². The molecular formula is C18H28N2. The van der Waals surface area contributed by atoms with Gasteiger partial charge in [0.25, 0.3) is 0 Å². The predicted octanol–water partition coefficient (Wildman–Crippen LogP) is 3.74. The molecule has 1 aromatic rings. The van der Waals surface area contributed by atoms with Crippen LogP contribution >= 0.6 is 0 Å². The molecule has 1 aliphatic heterocycles. The monoisotopic (exact) mass is 272 g/mol. The lowest BCUT2D eigenvalue weighted by molar-refractivity contribution is 0.322. The summed E-state index contributed by atoms with van der Waals surface area (Å²) in [4.78, 5) is 2.58. The number of rotatable bonds is 3. The number of anilines is 1. The Hall–Kier alpha value is -1.02. The molecule has 1 N–H and O–H groups in total. The van der Waals surface area contributed by atoms with Gasteiger partial charge in [-0.25, -0.2) is 0 Å². The zero-order valence-corrected chi connectivity index (χ0v) is 12.9. The molecular weight excluding hydrogens is 244 g/mol. The highest BCUT2D eigenvalue weighted by molar-refractivity contribution is 5.49. The molecule has 2 heteroatoms. The molecule has 0 amide bonds. The van der Waals surface area contributed by atoms with E-state index in [1.807, 2.05) is 0 Å². The van der Waals surface area contributed by atoms with Crippen LogP contribution in [0.4, 0.5) is 5.69 Å². The number of nitrogens with zero attached hydrogens (tertiary/aromatic N) is 1. The highest BCUT2D eigenvalue weighted by Gasteiger charge is 2.27. The van der Waals surface area contributed by atoms with Crippen molar-refractivity contribution in [3.05, 3.63) is 29.8 Å². The van der Waals surface area contributed by atoms with E-state index in [0.29, 0.717) is 6.04 Å². The van der Waals surface area contributed by atoms with Crippen molar-refractivity contribution in [2.24, 2.45) is 5.92 Å². The molecule has 1 heterocycles. The predicted molar refractivity (Wildman–Crippen MR) is 86.4 cm³/mol. The Morgan fingerprint density at radius 1 is 1.10 bits per heavy atom. The number of nitrogens with one attached hydrogen (secondary N) is 1. The van der Waals surface area contributed by atoms with Gasteiger partial charge in [0.05, 0.1) is 0 Å². The normalized spacial score (nSPS) is 28.0. The highest BCUT2D eigenvalue weighted by Crippen LogP contribution is 2.26. The summed E-state index contributed by atoms with van der Waals surface area (Å²) < 4.78 is 0. The smallest absolute Gasteiger partial charge is 0.0369 e. The van der Waals surface area contributed by atoms with E-state index >= 15 is 0 Å². The van der Waals surface area contributed by atoms with Crippen molar-refractivity contribution in [1.82, 2.24) is 5.32 Å². The molecule has 20 heavy (non-hydrogen) atoms. The SMILES string of the molecule is Cc1cccc(N2CC(C)CC(NC3CCCC3)C2)c1. The second-order valence-electron chi connectivity index (χ2n) is 6.93. The van der Waals surface area contributed by atoms with Gasteiger partial charge < -0.3 is 10.2 Å². The Kier molecular flexibility index (Phi) is 4.30. The third-order valence-electron chi connectivity index (χ3n) is 4.85. The van der Waals surface area contributed by atoms with Gasteiger partial charge in [0, 0.05) is 30.9 Å². The highest BCUT2D eigenvalue weighted by atomic mass is 15.2. The molecule has 1 aliphatic carbocycles. The minimum Gasteiger partial charge on any atom is -0.370 e. The largest absolute Gasteiger partial charge is 0.370 e. The van der Waals surface area contributed by atoms with Crippen LogP contribution in [-0.2, 0) is 0 Å². The molecule has 0 bridgehead atoms. The summed E-state index contributed by atoms with van der Waals surface area (Å²) >= 11 is 0. The second kappa shape index (κ2) is 6.17. The molecule has 1 aromatic carbocycles. The summed E-state index contributed by atoms with van der Waals surface area (Å²) in [7, 11) is 0. The first-order chi connectivity index (χ1) is 9.70. The minimum atomic E-state index is 0.669. The number of aryl methyl sites for hydroxylation is 1. The molecule has 2 nitrogen and oxygen atoms in total. The standard InChI is InChI=1S/C18H28N2/c1-14-6-5-9-18(11-14)20-12-15(2)10-17(13-20)19-16-7-3-4-8-16/h5-6,9,11,15-17,19H,3-4,7-8,10,12-13H2,1-2H3. The van der Waals surface area contributed by atoms with Gasteiger partial charge in [-0.05, 0) is 49.8 Å². The Morgan fingerprint density at radius 2 is 1.90 bits per heavy atom. The minimum absolute atomic E-state index is 0.669. The van der Waals surface area contributed by atoms with Crippen molar-refractivity contribution in [3.8, 4) is 0 Å². The van der Waals surface area contributed by atoms with Crippen molar-refractivity contribution >= 4 is 5.69 Å². The Balaban J connectivity index is 1.66. The van der Waals surface area contributed by atoms with E-state index in [0.717, 1.165) is 12.0 Å². The molecule has 0 aromatic heterocycles. The number of hydrogen-bond acceptors (Lipinski definition) is 2. The van der Waals surface area contributed by atoms with Gasteiger partial charge in [-0.3, -0.25) is 0 Å². The Labute approximate surface area is 123 Å². The van der Waals surface area contributed by atoms with Crippen molar-refractivity contribution in [3.63, 3.8) is 0 Å². The van der Waals surface area contributed by atoms with Gasteiger partial charge in [-0.1, -0.05) is 31.9 Å².